The predicted octanol–water partition coefficient (Wildman–Crippen LogP) is 2.72. The topological polar surface area (TPSA) is 57.7 Å². The monoisotopic (exact) mass is 344 g/mol. The molecule has 0 bridgehead atoms. The molecule has 2 aromatic carbocycles. The first-order valence-electron chi connectivity index (χ1n) is 8.28. The Kier molecular flexibility index (Phi) is 3.77. The average Bonchev–Trinajstić information content (AvgIpc) is 2.91. The van der Waals surface area contributed by atoms with Crippen molar-refractivity contribution < 1.29 is 14.4 Å². The van der Waals surface area contributed by atoms with Gasteiger partial charge in [0.2, 0.25) is 0 Å². The van der Waals surface area contributed by atoms with Crippen molar-refractivity contribution in [1.82, 2.24) is 9.80 Å². The third-order valence-corrected chi connectivity index (χ3v) is 4.74. The van der Waals surface area contributed by atoms with Crippen LogP contribution in [-0.4, -0.2) is 39.6 Å². The second kappa shape index (κ2) is 6.11. The first-order chi connectivity index (χ1) is 12.6. The number of β-lactam (4-membered cyclic amide) rings is 1. The number of carbonyl (C=O) groups excluding carboxylic acids is 3. The number of hydrogen-bond donors (Lipinski definition) is 0. The number of nitrogens with zero attached hydrogens (tertiary/aromatic N) is 2. The summed E-state index contributed by atoms with van der Waals surface area (Å²) in [5, 5.41) is 0. The van der Waals surface area contributed by atoms with Crippen LogP contribution in [0.5, 0.6) is 0 Å². The minimum absolute atomic E-state index is 0.308. The molecule has 0 saturated carbocycles. The minimum Gasteiger partial charge on any atom is -0.308 e. The summed E-state index contributed by atoms with van der Waals surface area (Å²) in [6, 6.07) is 15.0. The van der Waals surface area contributed by atoms with E-state index in [2.05, 4.69) is 6.58 Å². The van der Waals surface area contributed by atoms with Gasteiger partial charge in [-0.15, -0.1) is 0 Å². The first-order valence-corrected chi connectivity index (χ1v) is 8.28. The van der Waals surface area contributed by atoms with Crippen molar-refractivity contribution in [2.75, 3.05) is 0 Å². The molecule has 4 rings (SSSR count). The zero-order valence-electron chi connectivity index (χ0n) is 13.9. The third kappa shape index (κ3) is 2.29. The summed E-state index contributed by atoms with van der Waals surface area (Å²) in [5.41, 5.74) is 1.65. The molecule has 0 N–H and O–H groups in total. The second-order valence-electron chi connectivity index (χ2n) is 6.16. The highest BCUT2D eigenvalue weighted by Crippen LogP contribution is 2.33. The number of rotatable bonds is 4. The molecule has 2 aromatic rings. The van der Waals surface area contributed by atoms with E-state index in [1.807, 2.05) is 42.5 Å². The van der Waals surface area contributed by atoms with Gasteiger partial charge in [-0.1, -0.05) is 61.2 Å². The number of carbonyl (C=O) groups is 3. The average molecular weight is 344 g/mol. The Morgan fingerprint density at radius 2 is 1.42 bits per heavy atom. The normalized spacial score (nSPS) is 21.9. The van der Waals surface area contributed by atoms with Crippen LogP contribution in [-0.2, 0) is 4.79 Å². The Morgan fingerprint density at radius 3 is 2.00 bits per heavy atom. The zero-order valence-corrected chi connectivity index (χ0v) is 13.9. The largest absolute Gasteiger partial charge is 0.308 e. The van der Waals surface area contributed by atoms with E-state index in [1.54, 1.807) is 24.3 Å². The number of imide groups is 1. The van der Waals surface area contributed by atoms with E-state index >= 15 is 0 Å². The van der Waals surface area contributed by atoms with E-state index in [4.69, 9.17) is 0 Å². The molecule has 0 radical (unpaired) electrons. The van der Waals surface area contributed by atoms with E-state index < -0.39 is 23.9 Å². The molecule has 2 atom stereocenters. The van der Waals surface area contributed by atoms with Gasteiger partial charge in [0, 0.05) is 6.20 Å². The summed E-state index contributed by atoms with van der Waals surface area (Å²) in [6.45, 7) is 3.66. The molecule has 0 unspecified atom stereocenters. The molecule has 5 heteroatoms. The van der Waals surface area contributed by atoms with Crippen molar-refractivity contribution in [2.24, 2.45) is 0 Å². The van der Waals surface area contributed by atoms with E-state index in [1.165, 1.54) is 11.1 Å². The maximum absolute atomic E-state index is 12.7. The Balaban J connectivity index is 1.66. The molecule has 3 amide bonds. The lowest BCUT2D eigenvalue weighted by atomic mass is 9.92. The Labute approximate surface area is 150 Å². The van der Waals surface area contributed by atoms with Gasteiger partial charge in [-0.3, -0.25) is 19.3 Å². The number of benzene rings is 2. The summed E-state index contributed by atoms with van der Waals surface area (Å²) in [5.74, 6) is -1.16. The lowest BCUT2D eigenvalue weighted by Gasteiger charge is -2.46. The van der Waals surface area contributed by atoms with Crippen molar-refractivity contribution in [3.05, 3.63) is 90.1 Å². The standard InChI is InChI=1S/C21H16N2O3/c1-2-22-17(13-12-14-8-4-3-5-9-14)18(21(22)26)23-19(24)15-10-6-7-11-16(15)20(23)25/h2-13,17-18H,1H2/b13-12+/t17-,18+/m1/s1. The Morgan fingerprint density at radius 1 is 0.846 bits per heavy atom. The maximum atomic E-state index is 12.7. The smallest absolute Gasteiger partial charge is 0.262 e. The molecular weight excluding hydrogens is 328 g/mol. The predicted molar refractivity (Wildman–Crippen MR) is 97.0 cm³/mol. The minimum atomic E-state index is -0.847. The van der Waals surface area contributed by atoms with Crippen LogP contribution in [0.1, 0.15) is 26.3 Å². The number of hydrogen-bond acceptors (Lipinski definition) is 3. The van der Waals surface area contributed by atoms with Crippen LogP contribution < -0.4 is 0 Å². The van der Waals surface area contributed by atoms with E-state index in [-0.39, 0.29) is 5.91 Å². The first kappa shape index (κ1) is 16.0. The highest BCUT2D eigenvalue weighted by molar-refractivity contribution is 6.23. The molecular formula is C21H16N2O3. The van der Waals surface area contributed by atoms with Gasteiger partial charge in [0.1, 0.15) is 6.04 Å². The van der Waals surface area contributed by atoms with Gasteiger partial charge in [-0.25, -0.2) is 0 Å². The number of likely N-dealkylation sites (tertiary alicyclic amines) is 1. The fourth-order valence-electron chi connectivity index (χ4n) is 3.42. The van der Waals surface area contributed by atoms with Gasteiger partial charge in [0.25, 0.3) is 17.7 Å². The zero-order chi connectivity index (χ0) is 18.3. The highest BCUT2D eigenvalue weighted by Gasteiger charge is 2.54. The van der Waals surface area contributed by atoms with Crippen LogP contribution in [0.15, 0.2) is 73.5 Å². The maximum Gasteiger partial charge on any atom is 0.262 e. The molecule has 5 nitrogen and oxygen atoms in total. The van der Waals surface area contributed by atoms with Gasteiger partial charge in [0.05, 0.1) is 17.2 Å². The van der Waals surface area contributed by atoms with Crippen LogP contribution in [0.3, 0.4) is 0 Å². The van der Waals surface area contributed by atoms with E-state index in [0.29, 0.717) is 11.1 Å². The number of amides is 3. The quantitative estimate of drug-likeness (QED) is 0.633. The summed E-state index contributed by atoms with van der Waals surface area (Å²) in [6.07, 6.45) is 5.13. The Bertz CT molecular complexity index is 914. The second-order valence-corrected chi connectivity index (χ2v) is 6.16. The van der Waals surface area contributed by atoms with Crippen molar-refractivity contribution in [1.29, 1.82) is 0 Å². The SMILES string of the molecule is C=CN1C(=O)[C@@H](N2C(=O)c3ccccc3C2=O)[C@H]1/C=C/c1ccccc1. The van der Waals surface area contributed by atoms with Gasteiger partial charge in [-0.2, -0.15) is 0 Å². The fourth-order valence-corrected chi connectivity index (χ4v) is 3.42. The summed E-state index contributed by atoms with van der Waals surface area (Å²) in [7, 11) is 0. The van der Waals surface area contributed by atoms with Crippen molar-refractivity contribution in [3.63, 3.8) is 0 Å². The Hall–Kier alpha value is -3.47. The fraction of sp³-hybridized carbons (Fsp3) is 0.0952. The lowest BCUT2D eigenvalue weighted by Crippen LogP contribution is -2.69. The van der Waals surface area contributed by atoms with Gasteiger partial charge < -0.3 is 4.90 Å². The molecule has 1 saturated heterocycles. The van der Waals surface area contributed by atoms with E-state index in [0.717, 1.165) is 10.5 Å². The van der Waals surface area contributed by atoms with Gasteiger partial charge in [-0.05, 0) is 17.7 Å². The molecule has 26 heavy (non-hydrogen) atoms. The lowest BCUT2D eigenvalue weighted by molar-refractivity contribution is -0.147. The summed E-state index contributed by atoms with van der Waals surface area (Å²) < 4.78 is 0. The van der Waals surface area contributed by atoms with Gasteiger partial charge >= 0.3 is 0 Å². The van der Waals surface area contributed by atoms with Crippen LogP contribution in [0.2, 0.25) is 0 Å². The molecule has 1 fully saturated rings. The van der Waals surface area contributed by atoms with E-state index in [9.17, 15) is 14.4 Å². The number of fused-ring (bicyclic) bond motifs is 1. The van der Waals surface area contributed by atoms with Crippen molar-refractivity contribution in [2.45, 2.75) is 12.1 Å². The van der Waals surface area contributed by atoms with Crippen molar-refractivity contribution in [3.8, 4) is 0 Å². The molecule has 128 valence electrons. The summed E-state index contributed by atoms with van der Waals surface area (Å²) in [4.78, 5) is 40.4. The molecule has 2 aliphatic heterocycles. The van der Waals surface area contributed by atoms with Crippen LogP contribution in [0, 0.1) is 0 Å². The molecule has 2 aliphatic rings. The molecule has 0 aliphatic carbocycles. The summed E-state index contributed by atoms with van der Waals surface area (Å²) >= 11 is 0. The molecule has 0 aromatic heterocycles. The van der Waals surface area contributed by atoms with Gasteiger partial charge in [0.15, 0.2) is 0 Å². The van der Waals surface area contributed by atoms with Crippen LogP contribution in [0.4, 0.5) is 0 Å². The van der Waals surface area contributed by atoms with Crippen molar-refractivity contribution >= 4 is 23.8 Å². The molecule has 0 spiro atoms. The van der Waals surface area contributed by atoms with Crippen LogP contribution in [0.25, 0.3) is 6.08 Å². The van der Waals surface area contributed by atoms with Crippen LogP contribution >= 0.6 is 0 Å². The molecule has 2 heterocycles. The third-order valence-electron chi connectivity index (χ3n) is 4.74. The highest BCUT2D eigenvalue weighted by atomic mass is 16.2.